The maximum Gasteiger partial charge on any atom is 0.0223 e. The van der Waals surface area contributed by atoms with Crippen LogP contribution in [0.4, 0.5) is 0 Å². The van der Waals surface area contributed by atoms with E-state index in [9.17, 15) is 0 Å². The smallest absolute Gasteiger partial charge is 0.0223 e. The third kappa shape index (κ3) is 4.13. The molecule has 1 aromatic heterocycles. The van der Waals surface area contributed by atoms with E-state index in [0.717, 1.165) is 5.88 Å². The van der Waals surface area contributed by atoms with Crippen molar-refractivity contribution in [3.63, 3.8) is 0 Å². The molecule has 0 spiro atoms. The minimum absolute atomic E-state index is 0.818. The molecule has 0 aliphatic carbocycles. The van der Waals surface area contributed by atoms with Crippen molar-refractivity contribution in [2.45, 2.75) is 32.1 Å². The van der Waals surface area contributed by atoms with Gasteiger partial charge in [-0.3, -0.25) is 0 Å². The van der Waals surface area contributed by atoms with E-state index in [0.29, 0.717) is 0 Å². The van der Waals surface area contributed by atoms with E-state index in [1.54, 1.807) is 11.3 Å². The van der Waals surface area contributed by atoms with Crippen LogP contribution in [0.2, 0.25) is 0 Å². The van der Waals surface area contributed by atoms with Crippen molar-refractivity contribution in [3.8, 4) is 0 Å². The number of hydrogen-bond acceptors (Lipinski definition) is 1. The Bertz CT molecular complexity index is 182. The molecule has 0 saturated heterocycles. The molecule has 0 radical (unpaired) electrons. The predicted molar refractivity (Wildman–Crippen MR) is 57.2 cm³/mol. The quantitative estimate of drug-likeness (QED) is 0.482. The number of halogens is 1. The molecule has 0 aromatic carbocycles. The molecule has 0 amide bonds. The Hall–Kier alpha value is -0.0100. The van der Waals surface area contributed by atoms with E-state index in [-0.39, 0.29) is 0 Å². The lowest BCUT2D eigenvalue weighted by atomic mass is 10.1. The van der Waals surface area contributed by atoms with E-state index in [1.807, 2.05) is 0 Å². The summed E-state index contributed by atoms with van der Waals surface area (Å²) in [4.78, 5) is 0. The number of unbranched alkanes of at least 4 members (excludes halogenated alkanes) is 3. The van der Waals surface area contributed by atoms with Crippen molar-refractivity contribution < 1.29 is 0 Å². The van der Waals surface area contributed by atoms with Crippen LogP contribution in [0.1, 0.15) is 31.2 Å². The first-order valence-corrected chi connectivity index (χ1v) is 5.98. The first-order valence-electron chi connectivity index (χ1n) is 4.50. The Morgan fingerprint density at radius 1 is 1.17 bits per heavy atom. The van der Waals surface area contributed by atoms with E-state index in [2.05, 4.69) is 16.8 Å². The lowest BCUT2D eigenvalue weighted by Crippen LogP contribution is -1.83. The highest BCUT2D eigenvalue weighted by Crippen LogP contribution is 2.11. The summed E-state index contributed by atoms with van der Waals surface area (Å²) in [6.07, 6.45) is 6.33. The highest BCUT2D eigenvalue weighted by Gasteiger charge is 1.93. The summed E-state index contributed by atoms with van der Waals surface area (Å²) in [5.41, 5.74) is 1.49. The predicted octanol–water partition coefficient (Wildman–Crippen LogP) is 4.09. The Morgan fingerprint density at radius 3 is 2.67 bits per heavy atom. The second-order valence-corrected chi connectivity index (χ2v) is 4.14. The van der Waals surface area contributed by atoms with Gasteiger partial charge < -0.3 is 0 Å². The van der Waals surface area contributed by atoms with Crippen LogP contribution in [0.5, 0.6) is 0 Å². The average Bonchev–Trinajstić information content (AvgIpc) is 2.57. The molecule has 1 rings (SSSR count). The van der Waals surface area contributed by atoms with Crippen LogP contribution in [0, 0.1) is 0 Å². The second-order valence-electron chi connectivity index (χ2n) is 2.98. The lowest BCUT2D eigenvalue weighted by Gasteiger charge is -1.97. The number of thiophene rings is 1. The van der Waals surface area contributed by atoms with Crippen molar-refractivity contribution in [1.29, 1.82) is 0 Å². The summed E-state index contributed by atoms with van der Waals surface area (Å²) < 4.78 is 0. The van der Waals surface area contributed by atoms with Gasteiger partial charge in [0.1, 0.15) is 0 Å². The van der Waals surface area contributed by atoms with Gasteiger partial charge in [0.15, 0.2) is 0 Å². The van der Waals surface area contributed by atoms with Crippen LogP contribution >= 0.6 is 22.9 Å². The molecule has 0 unspecified atom stereocenters. The van der Waals surface area contributed by atoms with Gasteiger partial charge >= 0.3 is 0 Å². The van der Waals surface area contributed by atoms with Gasteiger partial charge in [-0.1, -0.05) is 12.8 Å². The molecule has 0 aliphatic rings. The van der Waals surface area contributed by atoms with Gasteiger partial charge in [0.2, 0.25) is 0 Å². The number of alkyl halides is 1. The maximum absolute atomic E-state index is 5.58. The van der Waals surface area contributed by atoms with Crippen LogP contribution in [0.25, 0.3) is 0 Å². The zero-order valence-electron chi connectivity index (χ0n) is 7.26. The van der Waals surface area contributed by atoms with Gasteiger partial charge in [-0.15, -0.1) is 11.6 Å². The number of aryl methyl sites for hydroxylation is 1. The largest absolute Gasteiger partial charge is 0.152 e. The van der Waals surface area contributed by atoms with Crippen LogP contribution in [0.3, 0.4) is 0 Å². The van der Waals surface area contributed by atoms with Crippen LogP contribution < -0.4 is 0 Å². The molecule has 68 valence electrons. The topological polar surface area (TPSA) is 0 Å². The monoisotopic (exact) mass is 202 g/mol. The summed E-state index contributed by atoms with van der Waals surface area (Å²) in [7, 11) is 0. The molecule has 0 atom stereocenters. The Morgan fingerprint density at radius 2 is 2.00 bits per heavy atom. The molecular formula is C10H15ClS. The zero-order valence-corrected chi connectivity index (χ0v) is 8.83. The third-order valence-electron chi connectivity index (χ3n) is 1.93. The van der Waals surface area contributed by atoms with E-state index >= 15 is 0 Å². The lowest BCUT2D eigenvalue weighted by molar-refractivity contribution is 0.670. The van der Waals surface area contributed by atoms with Gasteiger partial charge in [0.25, 0.3) is 0 Å². The maximum atomic E-state index is 5.58. The second kappa shape index (κ2) is 6.50. The summed E-state index contributed by atoms with van der Waals surface area (Å²) in [6.45, 7) is 0. The van der Waals surface area contributed by atoms with Crippen molar-refractivity contribution in [3.05, 3.63) is 22.4 Å². The number of hydrogen-bond donors (Lipinski definition) is 0. The van der Waals surface area contributed by atoms with Crippen molar-refractivity contribution in [1.82, 2.24) is 0 Å². The Kier molecular flexibility index (Phi) is 5.46. The van der Waals surface area contributed by atoms with E-state index < -0.39 is 0 Å². The minimum atomic E-state index is 0.818. The van der Waals surface area contributed by atoms with Crippen molar-refractivity contribution in [2.75, 3.05) is 5.88 Å². The van der Waals surface area contributed by atoms with Gasteiger partial charge in [0, 0.05) is 5.88 Å². The Labute approximate surface area is 83.6 Å². The third-order valence-corrected chi connectivity index (χ3v) is 2.93. The highest BCUT2D eigenvalue weighted by atomic mass is 35.5. The molecule has 12 heavy (non-hydrogen) atoms. The van der Waals surface area contributed by atoms with E-state index in [4.69, 9.17) is 11.6 Å². The van der Waals surface area contributed by atoms with Crippen LogP contribution in [-0.2, 0) is 6.42 Å². The fourth-order valence-electron chi connectivity index (χ4n) is 1.21. The molecule has 0 bridgehead atoms. The molecule has 1 aromatic rings. The molecule has 2 heteroatoms. The van der Waals surface area contributed by atoms with Gasteiger partial charge in [-0.25, -0.2) is 0 Å². The standard InChI is InChI=1S/C10H15ClS/c11-7-4-2-1-3-5-10-6-8-12-9-10/h6,8-9H,1-5,7H2. The minimum Gasteiger partial charge on any atom is -0.152 e. The molecule has 0 saturated carbocycles. The first-order chi connectivity index (χ1) is 5.93. The van der Waals surface area contributed by atoms with Gasteiger partial charge in [-0.2, -0.15) is 11.3 Å². The van der Waals surface area contributed by atoms with Crippen LogP contribution in [0.15, 0.2) is 16.8 Å². The zero-order chi connectivity index (χ0) is 8.65. The summed E-state index contributed by atoms with van der Waals surface area (Å²) in [6, 6.07) is 2.21. The summed E-state index contributed by atoms with van der Waals surface area (Å²) >= 11 is 7.37. The summed E-state index contributed by atoms with van der Waals surface area (Å²) in [5, 5.41) is 4.38. The fraction of sp³-hybridized carbons (Fsp3) is 0.600. The van der Waals surface area contributed by atoms with Gasteiger partial charge in [-0.05, 0) is 41.7 Å². The average molecular weight is 203 g/mol. The first kappa shape index (κ1) is 10.1. The summed E-state index contributed by atoms with van der Waals surface area (Å²) in [5.74, 6) is 0.818. The molecule has 0 N–H and O–H groups in total. The van der Waals surface area contributed by atoms with Crippen LogP contribution in [-0.4, -0.2) is 5.88 Å². The van der Waals surface area contributed by atoms with Crippen molar-refractivity contribution >= 4 is 22.9 Å². The molecule has 0 fully saturated rings. The van der Waals surface area contributed by atoms with Crippen molar-refractivity contribution in [2.24, 2.45) is 0 Å². The fourth-order valence-corrected chi connectivity index (χ4v) is 2.10. The number of rotatable bonds is 6. The SMILES string of the molecule is ClCCCCCCc1ccsc1. The molecule has 0 nitrogen and oxygen atoms in total. The van der Waals surface area contributed by atoms with Gasteiger partial charge in [0.05, 0.1) is 0 Å². The highest BCUT2D eigenvalue weighted by molar-refractivity contribution is 7.07. The van der Waals surface area contributed by atoms with E-state index in [1.165, 1.54) is 37.7 Å². The molecule has 1 heterocycles. The normalized spacial score (nSPS) is 10.4. The Balaban J connectivity index is 1.96. The molecule has 0 aliphatic heterocycles. The molecular weight excluding hydrogens is 188 g/mol.